The van der Waals surface area contributed by atoms with E-state index in [0.717, 1.165) is 25.7 Å². The zero-order chi connectivity index (χ0) is 9.68. The highest BCUT2D eigenvalue weighted by Crippen LogP contribution is 2.28. The van der Waals surface area contributed by atoms with E-state index in [0.29, 0.717) is 0 Å². The molecule has 0 N–H and O–H groups in total. The Morgan fingerprint density at radius 1 is 1.46 bits per heavy atom. The summed E-state index contributed by atoms with van der Waals surface area (Å²) in [5.74, 6) is -0.762. The molecule has 0 bridgehead atoms. The third-order valence-corrected chi connectivity index (χ3v) is 2.58. The van der Waals surface area contributed by atoms with Crippen molar-refractivity contribution >= 4 is 5.97 Å². The molecular formula is C10H17FO2. The maximum absolute atomic E-state index is 13.4. The Bertz CT molecular complexity index is 164. The maximum atomic E-state index is 13.4. The fraction of sp³-hybridized carbons (Fsp3) is 0.900. The third kappa shape index (κ3) is 2.98. The van der Waals surface area contributed by atoms with E-state index in [1.807, 2.05) is 0 Å². The number of halogens is 1. The van der Waals surface area contributed by atoms with Crippen LogP contribution in [0.25, 0.3) is 0 Å². The van der Waals surface area contributed by atoms with Crippen molar-refractivity contribution in [1.29, 1.82) is 0 Å². The lowest BCUT2D eigenvalue weighted by atomic mass is 9.86. The minimum Gasteiger partial charge on any atom is -0.464 e. The number of hydrogen-bond donors (Lipinski definition) is 0. The highest BCUT2D eigenvalue weighted by atomic mass is 19.1. The molecule has 1 fully saturated rings. The van der Waals surface area contributed by atoms with Crippen molar-refractivity contribution in [3.05, 3.63) is 0 Å². The second-order valence-corrected chi connectivity index (χ2v) is 3.55. The van der Waals surface area contributed by atoms with Crippen molar-refractivity contribution in [2.24, 2.45) is 5.92 Å². The summed E-state index contributed by atoms with van der Waals surface area (Å²) in [6.07, 6.45) is 3.54. The van der Waals surface area contributed by atoms with Crippen molar-refractivity contribution < 1.29 is 13.9 Å². The van der Waals surface area contributed by atoms with Crippen molar-refractivity contribution in [3.63, 3.8) is 0 Å². The van der Waals surface area contributed by atoms with Gasteiger partial charge in [0.25, 0.3) is 0 Å². The zero-order valence-corrected chi connectivity index (χ0v) is 8.09. The second-order valence-electron chi connectivity index (χ2n) is 3.55. The summed E-state index contributed by atoms with van der Waals surface area (Å²) >= 11 is 0. The predicted octanol–water partition coefficient (Wildman–Crippen LogP) is 2.47. The van der Waals surface area contributed by atoms with E-state index in [-0.39, 0.29) is 12.5 Å². The molecule has 0 aromatic heterocycles. The fourth-order valence-corrected chi connectivity index (χ4v) is 1.84. The number of carbonyl (C=O) groups excluding carboxylic acids is 1. The summed E-state index contributed by atoms with van der Waals surface area (Å²) in [7, 11) is 0. The predicted molar refractivity (Wildman–Crippen MR) is 48.1 cm³/mol. The van der Waals surface area contributed by atoms with E-state index in [9.17, 15) is 9.18 Å². The number of hydrogen-bond acceptors (Lipinski definition) is 2. The van der Waals surface area contributed by atoms with Gasteiger partial charge in [0.2, 0.25) is 0 Å². The molecule has 1 rings (SSSR count). The van der Waals surface area contributed by atoms with Gasteiger partial charge in [-0.15, -0.1) is 0 Å². The van der Waals surface area contributed by atoms with Crippen LogP contribution in [-0.2, 0) is 9.53 Å². The van der Waals surface area contributed by atoms with Gasteiger partial charge in [0.1, 0.15) is 0 Å². The van der Waals surface area contributed by atoms with Gasteiger partial charge in [-0.05, 0) is 19.8 Å². The first-order valence-electron chi connectivity index (χ1n) is 5.06. The molecule has 13 heavy (non-hydrogen) atoms. The van der Waals surface area contributed by atoms with E-state index < -0.39 is 12.1 Å². The van der Waals surface area contributed by atoms with Crippen LogP contribution in [-0.4, -0.2) is 18.7 Å². The van der Waals surface area contributed by atoms with Gasteiger partial charge in [-0.3, -0.25) is 0 Å². The van der Waals surface area contributed by atoms with Crippen molar-refractivity contribution in [1.82, 2.24) is 0 Å². The molecular weight excluding hydrogens is 171 g/mol. The van der Waals surface area contributed by atoms with Crippen LogP contribution in [0, 0.1) is 5.92 Å². The van der Waals surface area contributed by atoms with Crippen molar-refractivity contribution in [2.45, 2.75) is 45.2 Å². The first-order valence-corrected chi connectivity index (χ1v) is 5.06. The molecule has 3 heteroatoms. The van der Waals surface area contributed by atoms with Gasteiger partial charge in [0, 0.05) is 5.92 Å². The van der Waals surface area contributed by atoms with Crippen LogP contribution in [0.3, 0.4) is 0 Å². The molecule has 2 nitrogen and oxygen atoms in total. The minimum absolute atomic E-state index is 0.0900. The Kier molecular flexibility index (Phi) is 4.19. The van der Waals surface area contributed by atoms with Crippen LogP contribution >= 0.6 is 0 Å². The van der Waals surface area contributed by atoms with Crippen LogP contribution in [0.1, 0.15) is 39.0 Å². The molecule has 1 aliphatic rings. The maximum Gasteiger partial charge on any atom is 0.341 e. The van der Waals surface area contributed by atoms with Crippen molar-refractivity contribution in [3.8, 4) is 0 Å². The fourth-order valence-electron chi connectivity index (χ4n) is 1.84. The SMILES string of the molecule is CCOC(=O)C(F)C1CCCCC1. The average Bonchev–Trinajstić information content (AvgIpc) is 2.18. The summed E-state index contributed by atoms with van der Waals surface area (Å²) in [5.41, 5.74) is 0. The largest absolute Gasteiger partial charge is 0.464 e. The molecule has 1 unspecified atom stereocenters. The first-order chi connectivity index (χ1) is 6.25. The van der Waals surface area contributed by atoms with E-state index in [1.165, 1.54) is 6.42 Å². The Morgan fingerprint density at radius 3 is 2.62 bits per heavy atom. The van der Waals surface area contributed by atoms with Gasteiger partial charge >= 0.3 is 5.97 Å². The van der Waals surface area contributed by atoms with E-state index in [1.54, 1.807) is 6.92 Å². The Balaban J connectivity index is 2.35. The Hall–Kier alpha value is -0.600. The summed E-state index contributed by atoms with van der Waals surface area (Å²) in [4.78, 5) is 11.0. The second kappa shape index (κ2) is 5.20. The highest BCUT2D eigenvalue weighted by molar-refractivity contribution is 5.74. The van der Waals surface area contributed by atoms with Gasteiger partial charge in [0.15, 0.2) is 6.17 Å². The van der Waals surface area contributed by atoms with E-state index in [2.05, 4.69) is 4.74 Å². The van der Waals surface area contributed by atoms with Gasteiger partial charge in [-0.2, -0.15) is 0 Å². The van der Waals surface area contributed by atoms with Gasteiger partial charge in [0.05, 0.1) is 6.61 Å². The van der Waals surface area contributed by atoms with Crippen LogP contribution in [0.5, 0.6) is 0 Å². The molecule has 1 atom stereocenters. The Morgan fingerprint density at radius 2 is 2.08 bits per heavy atom. The number of rotatable bonds is 3. The third-order valence-electron chi connectivity index (χ3n) is 2.58. The quantitative estimate of drug-likeness (QED) is 0.636. The van der Waals surface area contributed by atoms with Gasteiger partial charge in [-0.25, -0.2) is 9.18 Å². The highest BCUT2D eigenvalue weighted by Gasteiger charge is 2.30. The Labute approximate surface area is 78.5 Å². The molecule has 0 spiro atoms. The van der Waals surface area contributed by atoms with Crippen molar-refractivity contribution in [2.75, 3.05) is 6.61 Å². The summed E-state index contributed by atoms with van der Waals surface area (Å²) in [6.45, 7) is 1.97. The monoisotopic (exact) mass is 188 g/mol. The lowest BCUT2D eigenvalue weighted by Crippen LogP contribution is -2.29. The number of carbonyl (C=O) groups is 1. The smallest absolute Gasteiger partial charge is 0.341 e. The molecule has 0 heterocycles. The van der Waals surface area contributed by atoms with Crippen LogP contribution in [0.4, 0.5) is 4.39 Å². The number of alkyl halides is 1. The van der Waals surface area contributed by atoms with E-state index >= 15 is 0 Å². The zero-order valence-electron chi connectivity index (χ0n) is 8.09. The first kappa shape index (κ1) is 10.5. The summed E-state index contributed by atoms with van der Waals surface area (Å²) < 4.78 is 18.0. The molecule has 1 aliphatic carbocycles. The molecule has 1 saturated carbocycles. The van der Waals surface area contributed by atoms with Gasteiger partial charge in [-0.1, -0.05) is 19.3 Å². The molecule has 0 radical (unpaired) electrons. The van der Waals surface area contributed by atoms with Crippen LogP contribution in [0.15, 0.2) is 0 Å². The molecule has 0 aromatic carbocycles. The van der Waals surface area contributed by atoms with Gasteiger partial charge < -0.3 is 4.74 Å². The van der Waals surface area contributed by atoms with E-state index in [4.69, 9.17) is 0 Å². The van der Waals surface area contributed by atoms with Crippen LogP contribution in [0.2, 0.25) is 0 Å². The molecule has 76 valence electrons. The lowest BCUT2D eigenvalue weighted by Gasteiger charge is -2.23. The summed E-state index contributed by atoms with van der Waals surface area (Å²) in [6, 6.07) is 0. The molecule has 0 aromatic rings. The minimum atomic E-state index is -1.39. The lowest BCUT2D eigenvalue weighted by molar-refractivity contribution is -0.151. The molecule has 0 aliphatic heterocycles. The normalized spacial score (nSPS) is 21.1. The summed E-state index contributed by atoms with van der Waals surface area (Å²) in [5, 5.41) is 0. The topological polar surface area (TPSA) is 26.3 Å². The van der Waals surface area contributed by atoms with Crippen LogP contribution < -0.4 is 0 Å². The number of esters is 1. The molecule has 0 saturated heterocycles. The molecule has 0 amide bonds. The average molecular weight is 188 g/mol. The number of ether oxygens (including phenoxy) is 1. The standard InChI is InChI=1S/C10H17FO2/c1-2-13-10(12)9(11)8-6-4-3-5-7-8/h8-9H,2-7H2,1H3.